The van der Waals surface area contributed by atoms with Crippen LogP contribution in [0.3, 0.4) is 0 Å². The minimum absolute atomic E-state index is 0.0309. The van der Waals surface area contributed by atoms with E-state index in [0.717, 1.165) is 25.9 Å². The van der Waals surface area contributed by atoms with E-state index in [1.54, 1.807) is 0 Å². The van der Waals surface area contributed by atoms with Crippen LogP contribution in [0.1, 0.15) is 51.4 Å². The Morgan fingerprint density at radius 2 is 1.65 bits per heavy atom. The number of piperidine rings is 1. The Bertz CT molecular complexity index is 427. The number of urea groups is 1. The van der Waals surface area contributed by atoms with Gasteiger partial charge in [-0.15, -0.1) is 0 Å². The lowest BCUT2D eigenvalue weighted by Crippen LogP contribution is -2.45. The van der Waals surface area contributed by atoms with Crippen LogP contribution in [0.5, 0.6) is 0 Å². The molecule has 3 amide bonds. The SMILES string of the molecule is O=C(NCCC(=O)N1CCCCC1)NC1CCC(C(=O)O)CC1. The number of rotatable bonds is 5. The summed E-state index contributed by atoms with van der Waals surface area (Å²) in [6, 6.07) is -0.237. The molecule has 0 spiro atoms. The molecule has 0 unspecified atom stereocenters. The zero-order chi connectivity index (χ0) is 16.7. The van der Waals surface area contributed by atoms with Gasteiger partial charge >= 0.3 is 12.0 Å². The molecule has 1 heterocycles. The minimum Gasteiger partial charge on any atom is -0.481 e. The first-order valence-corrected chi connectivity index (χ1v) is 8.61. The van der Waals surface area contributed by atoms with Crippen LogP contribution >= 0.6 is 0 Å². The van der Waals surface area contributed by atoms with Crippen LogP contribution in [-0.4, -0.2) is 53.6 Å². The Morgan fingerprint density at radius 1 is 1.00 bits per heavy atom. The van der Waals surface area contributed by atoms with Crippen molar-refractivity contribution in [3.8, 4) is 0 Å². The average Bonchev–Trinajstić information content (AvgIpc) is 2.56. The van der Waals surface area contributed by atoms with Gasteiger partial charge in [-0.3, -0.25) is 9.59 Å². The zero-order valence-electron chi connectivity index (χ0n) is 13.6. The molecule has 0 aromatic heterocycles. The molecule has 7 heteroatoms. The molecule has 3 N–H and O–H groups in total. The van der Waals surface area contributed by atoms with Crippen LogP contribution in [0.2, 0.25) is 0 Å². The van der Waals surface area contributed by atoms with E-state index in [1.165, 1.54) is 6.42 Å². The maximum absolute atomic E-state index is 12.0. The van der Waals surface area contributed by atoms with Crippen molar-refractivity contribution in [1.82, 2.24) is 15.5 Å². The summed E-state index contributed by atoms with van der Waals surface area (Å²) < 4.78 is 0. The molecule has 1 saturated carbocycles. The van der Waals surface area contributed by atoms with Crippen LogP contribution in [0.25, 0.3) is 0 Å². The lowest BCUT2D eigenvalue weighted by atomic mass is 9.86. The van der Waals surface area contributed by atoms with E-state index in [-0.39, 0.29) is 23.9 Å². The van der Waals surface area contributed by atoms with Gasteiger partial charge in [-0.25, -0.2) is 4.79 Å². The highest BCUT2D eigenvalue weighted by Gasteiger charge is 2.26. The normalized spacial score (nSPS) is 24.8. The van der Waals surface area contributed by atoms with Gasteiger partial charge in [-0.1, -0.05) is 0 Å². The van der Waals surface area contributed by atoms with Gasteiger partial charge in [0.05, 0.1) is 5.92 Å². The van der Waals surface area contributed by atoms with Gasteiger partial charge in [0, 0.05) is 32.1 Å². The predicted octanol–water partition coefficient (Wildman–Crippen LogP) is 1.33. The maximum atomic E-state index is 12.0. The third kappa shape index (κ3) is 5.73. The Morgan fingerprint density at radius 3 is 2.26 bits per heavy atom. The van der Waals surface area contributed by atoms with Crippen LogP contribution in [0, 0.1) is 5.92 Å². The number of carbonyl (C=O) groups excluding carboxylic acids is 2. The van der Waals surface area contributed by atoms with Gasteiger partial charge in [-0.2, -0.15) is 0 Å². The van der Waals surface area contributed by atoms with Crippen LogP contribution in [0.15, 0.2) is 0 Å². The molecule has 1 aliphatic carbocycles. The molecule has 0 aromatic rings. The third-order valence-corrected chi connectivity index (χ3v) is 4.74. The maximum Gasteiger partial charge on any atom is 0.315 e. The zero-order valence-corrected chi connectivity index (χ0v) is 13.6. The second kappa shape index (κ2) is 8.74. The molecular weight excluding hydrogens is 298 g/mol. The highest BCUT2D eigenvalue weighted by Crippen LogP contribution is 2.24. The molecule has 130 valence electrons. The third-order valence-electron chi connectivity index (χ3n) is 4.74. The highest BCUT2D eigenvalue weighted by atomic mass is 16.4. The van der Waals surface area contributed by atoms with Gasteiger partial charge < -0.3 is 20.6 Å². The number of likely N-dealkylation sites (tertiary alicyclic amines) is 1. The Kier molecular flexibility index (Phi) is 6.67. The van der Waals surface area contributed by atoms with Crippen LogP contribution in [0.4, 0.5) is 4.79 Å². The number of amides is 3. The molecule has 0 bridgehead atoms. The van der Waals surface area contributed by atoms with Gasteiger partial charge in [-0.05, 0) is 44.9 Å². The standard InChI is InChI=1S/C16H27N3O4/c20-14(19-10-2-1-3-11-19)8-9-17-16(23)18-13-6-4-12(5-7-13)15(21)22/h12-13H,1-11H2,(H,21,22)(H2,17,18,23). The van der Waals surface area contributed by atoms with Gasteiger partial charge in [0.2, 0.25) is 5.91 Å². The monoisotopic (exact) mass is 325 g/mol. The number of nitrogens with zero attached hydrogens (tertiary/aromatic N) is 1. The summed E-state index contributed by atoms with van der Waals surface area (Å²) in [5, 5.41) is 14.5. The summed E-state index contributed by atoms with van der Waals surface area (Å²) in [6.45, 7) is 2.00. The first kappa shape index (κ1) is 17.6. The summed E-state index contributed by atoms with van der Waals surface area (Å²) >= 11 is 0. The highest BCUT2D eigenvalue weighted by molar-refractivity contribution is 5.78. The number of aliphatic carboxylic acids is 1. The molecule has 7 nitrogen and oxygen atoms in total. The molecule has 2 rings (SSSR count). The molecule has 0 atom stereocenters. The number of carbonyl (C=O) groups is 3. The Labute approximate surface area is 136 Å². The number of hydrogen-bond donors (Lipinski definition) is 3. The molecule has 0 radical (unpaired) electrons. The number of hydrogen-bond acceptors (Lipinski definition) is 3. The molecular formula is C16H27N3O4. The summed E-state index contributed by atoms with van der Waals surface area (Å²) in [5.74, 6) is -0.922. The van der Waals surface area contributed by atoms with Crippen molar-refractivity contribution in [3.05, 3.63) is 0 Å². The van der Waals surface area contributed by atoms with Gasteiger partial charge in [0.15, 0.2) is 0 Å². The molecule has 0 aromatic carbocycles. The van der Waals surface area contributed by atoms with Crippen LogP contribution < -0.4 is 10.6 Å². The fraction of sp³-hybridized carbons (Fsp3) is 0.812. The van der Waals surface area contributed by atoms with E-state index in [0.29, 0.717) is 38.6 Å². The number of carboxylic acids is 1. The van der Waals surface area contributed by atoms with Crippen molar-refractivity contribution in [1.29, 1.82) is 0 Å². The van der Waals surface area contributed by atoms with Crippen molar-refractivity contribution in [3.63, 3.8) is 0 Å². The number of carboxylic acid groups (broad SMARTS) is 1. The van der Waals surface area contributed by atoms with Crippen molar-refractivity contribution in [2.45, 2.75) is 57.4 Å². The van der Waals surface area contributed by atoms with Crippen LogP contribution in [-0.2, 0) is 9.59 Å². The van der Waals surface area contributed by atoms with E-state index in [1.807, 2.05) is 4.90 Å². The topological polar surface area (TPSA) is 98.7 Å². The quantitative estimate of drug-likeness (QED) is 0.710. The fourth-order valence-electron chi connectivity index (χ4n) is 3.31. The minimum atomic E-state index is -0.746. The molecule has 23 heavy (non-hydrogen) atoms. The molecule has 2 fully saturated rings. The first-order valence-electron chi connectivity index (χ1n) is 8.61. The number of nitrogens with one attached hydrogen (secondary N) is 2. The van der Waals surface area contributed by atoms with E-state index in [2.05, 4.69) is 10.6 Å². The van der Waals surface area contributed by atoms with Gasteiger partial charge in [0.25, 0.3) is 0 Å². The summed E-state index contributed by atoms with van der Waals surface area (Å²) in [7, 11) is 0. The molecule has 1 saturated heterocycles. The van der Waals surface area contributed by atoms with Crippen molar-refractivity contribution in [2.24, 2.45) is 5.92 Å². The van der Waals surface area contributed by atoms with Gasteiger partial charge in [0.1, 0.15) is 0 Å². The Balaban J connectivity index is 1.58. The lowest BCUT2D eigenvalue weighted by molar-refractivity contribution is -0.142. The summed E-state index contributed by atoms with van der Waals surface area (Å²) in [5.41, 5.74) is 0. The van der Waals surface area contributed by atoms with Crippen molar-refractivity contribution in [2.75, 3.05) is 19.6 Å². The largest absolute Gasteiger partial charge is 0.481 e. The fourth-order valence-corrected chi connectivity index (χ4v) is 3.31. The van der Waals surface area contributed by atoms with E-state index in [4.69, 9.17) is 5.11 Å². The average molecular weight is 325 g/mol. The molecule has 2 aliphatic rings. The molecule has 1 aliphatic heterocycles. The van der Waals surface area contributed by atoms with Crippen molar-refractivity contribution < 1.29 is 19.5 Å². The lowest BCUT2D eigenvalue weighted by Gasteiger charge is -2.27. The van der Waals surface area contributed by atoms with E-state index >= 15 is 0 Å². The second-order valence-electron chi connectivity index (χ2n) is 6.48. The second-order valence-corrected chi connectivity index (χ2v) is 6.48. The van der Waals surface area contributed by atoms with E-state index < -0.39 is 5.97 Å². The first-order chi connectivity index (χ1) is 11.1. The smallest absolute Gasteiger partial charge is 0.315 e. The predicted molar refractivity (Wildman–Crippen MR) is 85.0 cm³/mol. The van der Waals surface area contributed by atoms with Crippen molar-refractivity contribution >= 4 is 17.9 Å². The Hall–Kier alpha value is -1.79. The summed E-state index contributed by atoms with van der Waals surface area (Å²) in [4.78, 5) is 36.5. The summed E-state index contributed by atoms with van der Waals surface area (Å²) in [6.07, 6.45) is 6.25. The van der Waals surface area contributed by atoms with E-state index in [9.17, 15) is 14.4 Å².